The number of hydrogen-bond donors (Lipinski definition) is 2. The van der Waals surface area contributed by atoms with E-state index in [4.69, 9.17) is 10.2 Å². The van der Waals surface area contributed by atoms with Gasteiger partial charge in [-0.25, -0.2) is 9.59 Å². The van der Waals surface area contributed by atoms with Gasteiger partial charge in [-0.3, -0.25) is 0 Å². The molecule has 72 valence electrons. The second kappa shape index (κ2) is 9.06. The molecule has 0 amide bonds. The number of hydrogen-bond acceptors (Lipinski definition) is 5. The summed E-state index contributed by atoms with van der Waals surface area (Å²) in [6.07, 6.45) is -2.70. The number of carbonyl (C=O) groups excluding carboxylic acids is 2. The van der Waals surface area contributed by atoms with Crippen LogP contribution < -0.4 is 0 Å². The molecular weight excluding hydrogens is 248 g/mol. The van der Waals surface area contributed by atoms with Gasteiger partial charge in [-0.05, 0) is 13.8 Å². The Morgan fingerprint density at radius 2 is 1.23 bits per heavy atom. The molecule has 2 N–H and O–H groups in total. The molecule has 0 saturated heterocycles. The van der Waals surface area contributed by atoms with Crippen LogP contribution in [0.25, 0.3) is 0 Å². The Bertz CT molecular complexity index is 150. The van der Waals surface area contributed by atoms with Gasteiger partial charge in [0, 0.05) is 43.4 Å². The smallest absolute Gasteiger partial charge is 0.342 e. The van der Waals surface area contributed by atoms with Gasteiger partial charge < -0.3 is 14.9 Å². The van der Waals surface area contributed by atoms with Crippen molar-refractivity contribution in [1.82, 2.24) is 0 Å². The van der Waals surface area contributed by atoms with Gasteiger partial charge in [-0.1, -0.05) is 0 Å². The molecule has 2 unspecified atom stereocenters. The van der Waals surface area contributed by atoms with E-state index < -0.39 is 24.1 Å². The van der Waals surface area contributed by atoms with E-state index in [9.17, 15) is 9.59 Å². The molecule has 0 rings (SSSR count). The zero-order valence-electron chi connectivity index (χ0n) is 7.27. The Kier molecular flexibility index (Phi) is 13.3. The Morgan fingerprint density at radius 1 is 1.00 bits per heavy atom. The summed E-state index contributed by atoms with van der Waals surface area (Å²) in [5, 5.41) is 17.1. The van der Waals surface area contributed by atoms with Gasteiger partial charge in [0.1, 0.15) is 12.2 Å². The fraction of sp³-hybridized carbons (Fsp3) is 0.667. The van der Waals surface area contributed by atoms with Gasteiger partial charge in [0.25, 0.3) is 0 Å². The predicted octanol–water partition coefficient (Wildman–Crippen LogP) is -1.19. The van der Waals surface area contributed by atoms with Gasteiger partial charge >= 0.3 is 11.9 Å². The first kappa shape index (κ1) is 19.1. The van der Waals surface area contributed by atoms with Crippen molar-refractivity contribution >= 4 is 11.9 Å². The summed E-state index contributed by atoms with van der Waals surface area (Å²) in [6, 6.07) is 0. The van der Waals surface area contributed by atoms with Crippen LogP contribution in [0, 0.1) is 0 Å². The van der Waals surface area contributed by atoms with Gasteiger partial charge in [0.05, 0.1) is 0 Å². The third-order valence-electron chi connectivity index (χ3n) is 0.883. The van der Waals surface area contributed by atoms with Gasteiger partial charge in [0.15, 0.2) is 0 Å². The maximum atomic E-state index is 10.5. The Morgan fingerprint density at radius 3 is 1.38 bits per heavy atom. The Balaban J connectivity index is -0.000000500. The predicted molar refractivity (Wildman–Crippen MR) is 34.5 cm³/mol. The molecule has 0 aliphatic rings. The van der Waals surface area contributed by atoms with Crippen molar-refractivity contribution in [3.05, 3.63) is 0 Å². The van der Waals surface area contributed by atoms with Crippen molar-refractivity contribution < 1.29 is 68.0 Å². The maximum absolute atomic E-state index is 10.5. The molecule has 0 bridgehead atoms. The first-order valence-electron chi connectivity index (χ1n) is 3.06. The first-order chi connectivity index (χ1) is 4.95. The van der Waals surface area contributed by atoms with E-state index in [1.165, 1.54) is 0 Å². The standard InChI is InChI=1S/C6H10O5.2Ti/c1-3(7)5(9)11-6(10)4(2)8;;/h3-4,7-8H,1-2H3;;. The Hall–Kier alpha value is 0.489. The third kappa shape index (κ3) is 8.81. The number of carbonyl (C=O) groups is 2. The molecule has 0 fully saturated rings. The summed E-state index contributed by atoms with van der Waals surface area (Å²) in [4.78, 5) is 20.9. The number of esters is 2. The summed E-state index contributed by atoms with van der Waals surface area (Å²) in [5.74, 6) is -2.12. The largest absolute Gasteiger partial charge is 0.389 e. The molecule has 0 aromatic heterocycles. The van der Waals surface area contributed by atoms with Crippen LogP contribution in [-0.2, 0) is 57.8 Å². The van der Waals surface area contributed by atoms with E-state index in [-0.39, 0.29) is 43.4 Å². The number of ether oxygens (including phenoxy) is 1. The van der Waals surface area contributed by atoms with Crippen LogP contribution >= 0.6 is 0 Å². The molecule has 0 heterocycles. The number of aliphatic hydroxyl groups is 2. The monoisotopic (exact) mass is 258 g/mol. The molecule has 0 aliphatic heterocycles. The van der Waals surface area contributed by atoms with Crippen molar-refractivity contribution in [3.63, 3.8) is 0 Å². The average molecular weight is 258 g/mol. The van der Waals surface area contributed by atoms with Crippen LogP contribution in [0.3, 0.4) is 0 Å². The van der Waals surface area contributed by atoms with Crippen LogP contribution in [-0.4, -0.2) is 34.4 Å². The van der Waals surface area contributed by atoms with Crippen molar-refractivity contribution in [2.24, 2.45) is 0 Å². The van der Waals surface area contributed by atoms with E-state index >= 15 is 0 Å². The second-order valence-electron chi connectivity index (χ2n) is 2.09. The Labute approximate surface area is 106 Å². The molecular formula is C6H10O5Ti2. The molecule has 5 nitrogen and oxygen atoms in total. The quantitative estimate of drug-likeness (QED) is 0.369. The van der Waals surface area contributed by atoms with Crippen molar-refractivity contribution in [3.8, 4) is 0 Å². The minimum absolute atomic E-state index is 0. The second-order valence-corrected chi connectivity index (χ2v) is 2.09. The fourth-order valence-electron chi connectivity index (χ4n) is 0.270. The van der Waals surface area contributed by atoms with Crippen LogP contribution in [0.5, 0.6) is 0 Å². The average Bonchev–Trinajstić information content (AvgIpc) is 1.87. The van der Waals surface area contributed by atoms with E-state index in [1.807, 2.05) is 0 Å². The fourth-order valence-corrected chi connectivity index (χ4v) is 0.270. The molecule has 0 aliphatic carbocycles. The summed E-state index contributed by atoms with van der Waals surface area (Å²) in [5.41, 5.74) is 0. The van der Waals surface area contributed by atoms with E-state index in [1.54, 1.807) is 0 Å². The zero-order chi connectivity index (χ0) is 9.02. The van der Waals surface area contributed by atoms with E-state index in [2.05, 4.69) is 4.74 Å². The summed E-state index contributed by atoms with van der Waals surface area (Å²) >= 11 is 0. The van der Waals surface area contributed by atoms with Gasteiger partial charge in [-0.15, -0.1) is 0 Å². The van der Waals surface area contributed by atoms with Crippen molar-refractivity contribution in [2.45, 2.75) is 26.1 Å². The van der Waals surface area contributed by atoms with E-state index in [0.717, 1.165) is 13.8 Å². The topological polar surface area (TPSA) is 83.8 Å². The van der Waals surface area contributed by atoms with Crippen LogP contribution in [0.4, 0.5) is 0 Å². The molecule has 0 radical (unpaired) electrons. The number of aliphatic hydroxyl groups excluding tert-OH is 2. The normalized spacial score (nSPS) is 12.9. The molecule has 0 saturated carbocycles. The zero-order valence-corrected chi connectivity index (χ0v) is 10.4. The minimum atomic E-state index is -1.35. The summed E-state index contributed by atoms with van der Waals surface area (Å²) < 4.78 is 4.00. The van der Waals surface area contributed by atoms with Crippen molar-refractivity contribution in [2.75, 3.05) is 0 Å². The molecule has 7 heteroatoms. The van der Waals surface area contributed by atoms with Gasteiger partial charge in [0.2, 0.25) is 0 Å². The van der Waals surface area contributed by atoms with Crippen molar-refractivity contribution in [1.29, 1.82) is 0 Å². The third-order valence-corrected chi connectivity index (χ3v) is 0.883. The van der Waals surface area contributed by atoms with Crippen LogP contribution in [0.2, 0.25) is 0 Å². The van der Waals surface area contributed by atoms with Crippen LogP contribution in [0.1, 0.15) is 13.8 Å². The van der Waals surface area contributed by atoms with E-state index in [0.29, 0.717) is 0 Å². The molecule has 0 aromatic rings. The van der Waals surface area contributed by atoms with Gasteiger partial charge in [-0.2, -0.15) is 0 Å². The summed E-state index contributed by atoms with van der Waals surface area (Å²) in [7, 11) is 0. The van der Waals surface area contributed by atoms with Crippen LogP contribution in [0.15, 0.2) is 0 Å². The SMILES string of the molecule is CC(O)C(=O)OC(=O)C(C)O.[Ti].[Ti]. The maximum Gasteiger partial charge on any atom is 0.342 e. The number of rotatable bonds is 2. The first-order valence-corrected chi connectivity index (χ1v) is 3.06. The minimum Gasteiger partial charge on any atom is -0.389 e. The molecule has 13 heavy (non-hydrogen) atoms. The molecule has 2 atom stereocenters. The molecule has 0 spiro atoms. The molecule has 0 aromatic carbocycles. The summed E-state index contributed by atoms with van der Waals surface area (Å²) in [6.45, 7) is 2.33.